The van der Waals surface area contributed by atoms with Gasteiger partial charge < -0.3 is 14.7 Å². The van der Waals surface area contributed by atoms with E-state index in [9.17, 15) is 4.79 Å². The number of rotatable bonds is 3. The van der Waals surface area contributed by atoms with Gasteiger partial charge in [0.2, 0.25) is 0 Å². The topological polar surface area (TPSA) is 96.2 Å². The molecular weight excluding hydrogens is 308 g/mol. The standard InChI is InChI=1S/C16H22N6O2/c1-10-8-15(18-12(3)17-10)22-6-4-13(5-7-22)19-16(23)20-14-9-11(2)24-21-14/h8-9,13H,4-7H2,1-3H3,(H2,19,20,21,23). The van der Waals surface area contributed by atoms with Crippen LogP contribution in [0, 0.1) is 20.8 Å². The van der Waals surface area contributed by atoms with Crippen molar-refractivity contribution in [1.82, 2.24) is 20.4 Å². The number of aromatic nitrogens is 3. The van der Waals surface area contributed by atoms with E-state index in [0.717, 1.165) is 43.3 Å². The van der Waals surface area contributed by atoms with E-state index in [1.54, 1.807) is 13.0 Å². The van der Waals surface area contributed by atoms with Crippen molar-refractivity contribution in [1.29, 1.82) is 0 Å². The van der Waals surface area contributed by atoms with Crippen LogP contribution in [0.1, 0.15) is 30.1 Å². The molecule has 1 saturated heterocycles. The summed E-state index contributed by atoms with van der Waals surface area (Å²) in [5.41, 5.74) is 0.972. The van der Waals surface area contributed by atoms with Crippen LogP contribution in [0.2, 0.25) is 0 Å². The van der Waals surface area contributed by atoms with Gasteiger partial charge in [-0.25, -0.2) is 14.8 Å². The van der Waals surface area contributed by atoms with Crippen LogP contribution in [0.25, 0.3) is 0 Å². The number of carbonyl (C=O) groups excluding carboxylic acids is 1. The second kappa shape index (κ2) is 6.86. The summed E-state index contributed by atoms with van der Waals surface area (Å²) in [6.07, 6.45) is 1.74. The molecular formula is C16H22N6O2. The van der Waals surface area contributed by atoms with Crippen LogP contribution in [0.3, 0.4) is 0 Å². The third-order valence-corrected chi connectivity index (χ3v) is 3.98. The average Bonchev–Trinajstić information content (AvgIpc) is 2.92. The quantitative estimate of drug-likeness (QED) is 0.895. The maximum Gasteiger partial charge on any atom is 0.320 e. The second-order valence-corrected chi connectivity index (χ2v) is 6.10. The van der Waals surface area contributed by atoms with E-state index in [2.05, 4.69) is 30.7 Å². The van der Waals surface area contributed by atoms with Gasteiger partial charge in [-0.1, -0.05) is 5.16 Å². The Balaban J connectivity index is 1.50. The highest BCUT2D eigenvalue weighted by Crippen LogP contribution is 2.19. The summed E-state index contributed by atoms with van der Waals surface area (Å²) in [6, 6.07) is 3.57. The smallest absolute Gasteiger partial charge is 0.320 e. The zero-order valence-corrected chi connectivity index (χ0v) is 14.2. The number of urea groups is 1. The molecule has 1 aliphatic rings. The van der Waals surface area contributed by atoms with Gasteiger partial charge in [0.25, 0.3) is 0 Å². The normalized spacial score (nSPS) is 15.4. The number of amides is 2. The van der Waals surface area contributed by atoms with Crippen molar-refractivity contribution in [3.63, 3.8) is 0 Å². The van der Waals surface area contributed by atoms with Gasteiger partial charge in [0, 0.05) is 37.0 Å². The highest BCUT2D eigenvalue weighted by molar-refractivity contribution is 5.88. The SMILES string of the molecule is Cc1cc(N2CCC(NC(=O)Nc3cc(C)on3)CC2)nc(C)n1. The Bertz CT molecular complexity index is 701. The Morgan fingerprint density at radius 2 is 1.96 bits per heavy atom. The van der Waals surface area contributed by atoms with Gasteiger partial charge in [0.15, 0.2) is 5.82 Å². The first kappa shape index (κ1) is 16.2. The summed E-state index contributed by atoms with van der Waals surface area (Å²) < 4.78 is 4.93. The molecule has 0 unspecified atom stereocenters. The van der Waals surface area contributed by atoms with Crippen molar-refractivity contribution in [2.75, 3.05) is 23.3 Å². The van der Waals surface area contributed by atoms with Crippen LogP contribution >= 0.6 is 0 Å². The largest absolute Gasteiger partial charge is 0.360 e. The third-order valence-electron chi connectivity index (χ3n) is 3.98. The predicted molar refractivity (Wildman–Crippen MR) is 90.1 cm³/mol. The minimum Gasteiger partial charge on any atom is -0.360 e. The van der Waals surface area contributed by atoms with Crippen molar-refractivity contribution in [3.8, 4) is 0 Å². The van der Waals surface area contributed by atoms with Crippen LogP contribution < -0.4 is 15.5 Å². The molecule has 0 saturated carbocycles. The molecule has 3 heterocycles. The number of anilines is 2. The Labute approximate surface area is 140 Å². The molecule has 0 bridgehead atoms. The number of hydrogen-bond donors (Lipinski definition) is 2. The van der Waals surface area contributed by atoms with Gasteiger partial charge in [-0.15, -0.1) is 0 Å². The summed E-state index contributed by atoms with van der Waals surface area (Å²) in [6.45, 7) is 7.36. The van der Waals surface area contributed by atoms with Crippen molar-refractivity contribution in [2.24, 2.45) is 0 Å². The van der Waals surface area contributed by atoms with E-state index in [1.165, 1.54) is 0 Å². The van der Waals surface area contributed by atoms with E-state index in [0.29, 0.717) is 11.6 Å². The first-order valence-corrected chi connectivity index (χ1v) is 8.07. The van der Waals surface area contributed by atoms with Gasteiger partial charge in [-0.3, -0.25) is 5.32 Å². The van der Waals surface area contributed by atoms with Crippen molar-refractivity contribution >= 4 is 17.7 Å². The van der Waals surface area contributed by atoms with Crippen LogP contribution in [-0.2, 0) is 0 Å². The zero-order chi connectivity index (χ0) is 17.1. The molecule has 0 radical (unpaired) electrons. The number of hydrogen-bond acceptors (Lipinski definition) is 6. The summed E-state index contributed by atoms with van der Waals surface area (Å²) in [4.78, 5) is 23.0. The molecule has 1 aliphatic heterocycles. The highest BCUT2D eigenvalue weighted by atomic mass is 16.5. The molecule has 0 aliphatic carbocycles. The fraction of sp³-hybridized carbons (Fsp3) is 0.500. The minimum atomic E-state index is -0.254. The van der Waals surface area contributed by atoms with Crippen molar-refractivity contribution in [3.05, 3.63) is 29.4 Å². The predicted octanol–water partition coefficient (Wildman–Crippen LogP) is 2.18. The summed E-state index contributed by atoms with van der Waals surface area (Å²) in [5, 5.41) is 9.41. The summed E-state index contributed by atoms with van der Waals surface area (Å²) >= 11 is 0. The Kier molecular flexibility index (Phi) is 4.64. The molecule has 8 heteroatoms. The van der Waals surface area contributed by atoms with Gasteiger partial charge in [-0.2, -0.15) is 0 Å². The minimum absolute atomic E-state index is 0.137. The molecule has 2 N–H and O–H groups in total. The molecule has 0 aromatic carbocycles. The van der Waals surface area contributed by atoms with Crippen LogP contribution in [0.15, 0.2) is 16.7 Å². The van der Waals surface area contributed by atoms with Crippen molar-refractivity contribution < 1.29 is 9.32 Å². The lowest BCUT2D eigenvalue weighted by atomic mass is 10.1. The lowest BCUT2D eigenvalue weighted by molar-refractivity contribution is 0.245. The number of nitrogens with one attached hydrogen (secondary N) is 2. The number of aryl methyl sites for hydroxylation is 3. The number of carbonyl (C=O) groups is 1. The molecule has 128 valence electrons. The molecule has 8 nitrogen and oxygen atoms in total. The maximum atomic E-state index is 12.0. The van der Waals surface area contributed by atoms with E-state index >= 15 is 0 Å². The third kappa shape index (κ3) is 4.01. The Morgan fingerprint density at radius 1 is 1.21 bits per heavy atom. The second-order valence-electron chi connectivity index (χ2n) is 6.10. The van der Waals surface area contributed by atoms with Gasteiger partial charge in [-0.05, 0) is 33.6 Å². The van der Waals surface area contributed by atoms with Gasteiger partial charge in [0.1, 0.15) is 17.4 Å². The fourth-order valence-electron chi connectivity index (χ4n) is 2.88. The molecule has 2 aromatic heterocycles. The lowest BCUT2D eigenvalue weighted by Gasteiger charge is -2.33. The van der Waals surface area contributed by atoms with Gasteiger partial charge in [0.05, 0.1) is 0 Å². The fourth-order valence-corrected chi connectivity index (χ4v) is 2.88. The molecule has 2 amide bonds. The summed E-state index contributed by atoms with van der Waals surface area (Å²) in [7, 11) is 0. The van der Waals surface area contributed by atoms with E-state index in [1.807, 2.05) is 19.9 Å². The molecule has 2 aromatic rings. The molecule has 3 rings (SSSR count). The maximum absolute atomic E-state index is 12.0. The molecule has 0 atom stereocenters. The molecule has 24 heavy (non-hydrogen) atoms. The number of nitrogens with zero attached hydrogens (tertiary/aromatic N) is 4. The molecule has 1 fully saturated rings. The zero-order valence-electron chi connectivity index (χ0n) is 14.2. The average molecular weight is 330 g/mol. The number of piperidine rings is 1. The molecule has 0 spiro atoms. The monoisotopic (exact) mass is 330 g/mol. The van der Waals surface area contributed by atoms with Crippen LogP contribution in [0.5, 0.6) is 0 Å². The van der Waals surface area contributed by atoms with Crippen LogP contribution in [-0.4, -0.2) is 40.3 Å². The Morgan fingerprint density at radius 3 is 2.58 bits per heavy atom. The van der Waals surface area contributed by atoms with Crippen LogP contribution in [0.4, 0.5) is 16.4 Å². The highest BCUT2D eigenvalue weighted by Gasteiger charge is 2.22. The van der Waals surface area contributed by atoms with E-state index < -0.39 is 0 Å². The van der Waals surface area contributed by atoms with Gasteiger partial charge >= 0.3 is 6.03 Å². The van der Waals surface area contributed by atoms with Crippen molar-refractivity contribution in [2.45, 2.75) is 39.7 Å². The first-order chi connectivity index (χ1) is 11.5. The van der Waals surface area contributed by atoms with E-state index in [-0.39, 0.29) is 12.1 Å². The first-order valence-electron chi connectivity index (χ1n) is 8.07. The lowest BCUT2D eigenvalue weighted by Crippen LogP contribution is -2.46. The van der Waals surface area contributed by atoms with E-state index in [4.69, 9.17) is 4.52 Å². The Hall–Kier alpha value is -2.64. The summed E-state index contributed by atoms with van der Waals surface area (Å²) in [5.74, 6) is 2.83.